The molecule has 1 aromatic heterocycles. The zero-order valence-electron chi connectivity index (χ0n) is 12.2. The molecule has 22 heavy (non-hydrogen) atoms. The molecular weight excluding hydrogens is 302 g/mol. The second-order valence-corrected chi connectivity index (χ2v) is 6.96. The van der Waals surface area contributed by atoms with Crippen LogP contribution in [0.1, 0.15) is 11.8 Å². The molecule has 2 bridgehead atoms. The fourth-order valence-corrected chi connectivity index (χ4v) is 4.53. The van der Waals surface area contributed by atoms with Gasteiger partial charge in [0, 0.05) is 4.88 Å². The number of rotatable bonds is 4. The zero-order chi connectivity index (χ0) is 15.3. The van der Waals surface area contributed by atoms with Crippen molar-refractivity contribution < 1.29 is 19.1 Å². The molecule has 0 aliphatic carbocycles. The maximum absolute atomic E-state index is 12.8. The summed E-state index contributed by atoms with van der Waals surface area (Å²) in [6.45, 7) is 3.18. The summed E-state index contributed by atoms with van der Waals surface area (Å²) in [6.07, 6.45) is 3.54. The van der Waals surface area contributed by atoms with Gasteiger partial charge in [0.15, 0.2) is 0 Å². The quantitative estimate of drug-likeness (QED) is 0.625. The highest BCUT2D eigenvalue weighted by molar-refractivity contribution is 7.09. The molecule has 5 nitrogen and oxygen atoms in total. The maximum Gasteiger partial charge on any atom is 0.312 e. The van der Waals surface area contributed by atoms with Gasteiger partial charge in [-0.1, -0.05) is 18.2 Å². The Hall–Kier alpha value is -1.66. The first kappa shape index (κ1) is 14.0. The van der Waals surface area contributed by atoms with Gasteiger partial charge >= 0.3 is 5.97 Å². The lowest BCUT2D eigenvalue weighted by Crippen LogP contribution is -2.39. The Bertz CT molecular complexity index is 641. The van der Waals surface area contributed by atoms with Gasteiger partial charge < -0.3 is 14.4 Å². The van der Waals surface area contributed by atoms with Crippen molar-refractivity contribution in [3.8, 4) is 0 Å². The summed E-state index contributed by atoms with van der Waals surface area (Å²) in [5.74, 6) is -1.28. The van der Waals surface area contributed by atoms with E-state index >= 15 is 0 Å². The molecule has 116 valence electrons. The van der Waals surface area contributed by atoms with Crippen molar-refractivity contribution in [2.45, 2.75) is 25.2 Å². The highest BCUT2D eigenvalue weighted by Crippen LogP contribution is 2.52. The van der Waals surface area contributed by atoms with E-state index in [1.165, 1.54) is 0 Å². The van der Waals surface area contributed by atoms with Crippen molar-refractivity contribution in [3.63, 3.8) is 0 Å². The van der Waals surface area contributed by atoms with Crippen molar-refractivity contribution in [2.75, 3.05) is 13.2 Å². The third-order valence-corrected chi connectivity index (χ3v) is 5.53. The van der Waals surface area contributed by atoms with Crippen LogP contribution >= 0.6 is 11.3 Å². The number of hydrogen-bond donors (Lipinski definition) is 0. The maximum atomic E-state index is 12.8. The fourth-order valence-electron chi connectivity index (χ4n) is 3.81. The van der Waals surface area contributed by atoms with Crippen LogP contribution in [0.4, 0.5) is 0 Å². The minimum Gasteiger partial charge on any atom is -0.466 e. The molecule has 1 amide bonds. The smallest absolute Gasteiger partial charge is 0.312 e. The lowest BCUT2D eigenvalue weighted by molar-refractivity contribution is -0.153. The molecule has 0 unspecified atom stereocenters. The highest BCUT2D eigenvalue weighted by atomic mass is 32.1. The van der Waals surface area contributed by atoms with Gasteiger partial charge in [0.25, 0.3) is 0 Å². The Morgan fingerprint density at radius 2 is 2.45 bits per heavy atom. The number of carbonyl (C=O) groups is 2. The number of thiophene rings is 1. The van der Waals surface area contributed by atoms with Gasteiger partial charge in [-0.3, -0.25) is 9.59 Å². The molecular formula is C16H17NO4S. The molecule has 4 heterocycles. The molecule has 4 atom stereocenters. The Morgan fingerprint density at radius 1 is 1.59 bits per heavy atom. The Morgan fingerprint density at radius 3 is 3.18 bits per heavy atom. The van der Waals surface area contributed by atoms with Crippen LogP contribution in [0, 0.1) is 11.8 Å². The van der Waals surface area contributed by atoms with Crippen LogP contribution in [0.5, 0.6) is 0 Å². The largest absolute Gasteiger partial charge is 0.466 e. The number of amides is 1. The van der Waals surface area contributed by atoms with Gasteiger partial charge in [-0.05, 0) is 18.4 Å². The van der Waals surface area contributed by atoms with Crippen LogP contribution in [0.15, 0.2) is 29.7 Å². The van der Waals surface area contributed by atoms with Gasteiger partial charge in [-0.15, -0.1) is 11.3 Å². The molecule has 1 aromatic rings. The molecule has 0 radical (unpaired) electrons. The van der Waals surface area contributed by atoms with Crippen LogP contribution in [0.25, 0.3) is 0 Å². The molecule has 0 N–H and O–H groups in total. The number of carbonyl (C=O) groups excluding carboxylic acids is 2. The third kappa shape index (κ3) is 1.87. The lowest BCUT2D eigenvalue weighted by atomic mass is 9.77. The first-order valence-electron chi connectivity index (χ1n) is 7.49. The first-order valence-corrected chi connectivity index (χ1v) is 8.37. The average molecular weight is 319 g/mol. The van der Waals surface area contributed by atoms with Crippen molar-refractivity contribution in [1.29, 1.82) is 0 Å². The predicted molar refractivity (Wildman–Crippen MR) is 80.1 cm³/mol. The minimum absolute atomic E-state index is 0.00157. The van der Waals surface area contributed by atoms with E-state index < -0.39 is 17.4 Å². The number of likely N-dealkylation sites (tertiary alicyclic amines) is 1. The van der Waals surface area contributed by atoms with Crippen molar-refractivity contribution in [1.82, 2.24) is 4.90 Å². The molecule has 4 rings (SSSR count). The predicted octanol–water partition coefficient (Wildman–Crippen LogP) is 1.59. The number of hydrogen-bond acceptors (Lipinski definition) is 5. The van der Waals surface area contributed by atoms with Crippen molar-refractivity contribution in [2.24, 2.45) is 11.8 Å². The second-order valence-electron chi connectivity index (χ2n) is 5.93. The fraction of sp³-hybridized carbons (Fsp3) is 0.500. The average Bonchev–Trinajstić information content (AvgIpc) is 3.23. The Labute approximate surface area is 132 Å². The topological polar surface area (TPSA) is 55.8 Å². The number of esters is 1. The van der Waals surface area contributed by atoms with Crippen molar-refractivity contribution in [3.05, 3.63) is 34.5 Å². The minimum atomic E-state index is -0.642. The van der Waals surface area contributed by atoms with E-state index in [2.05, 4.69) is 0 Å². The molecule has 0 aromatic carbocycles. The molecule has 1 spiro atoms. The molecule has 6 heteroatoms. The van der Waals surface area contributed by atoms with Gasteiger partial charge in [0.2, 0.25) is 5.91 Å². The summed E-state index contributed by atoms with van der Waals surface area (Å²) in [5, 5.41) is 2.00. The van der Waals surface area contributed by atoms with Crippen LogP contribution in [0.2, 0.25) is 0 Å². The van der Waals surface area contributed by atoms with Gasteiger partial charge in [0.1, 0.15) is 11.5 Å². The SMILES string of the molecule is CCOC(=O)[C@H]1[C@H]2C=C[C@@]3(CN(Cc4cccs4)C(=O)[C@@H]13)O2. The standard InChI is InChI=1S/C16H17NO4S/c1-2-20-15(19)12-11-5-6-16(21-11)9-17(14(18)13(12)16)8-10-4-3-7-22-10/h3-7,11-13H,2,8-9H2,1H3/t11-,12+,13-,16+/m1/s1. The number of fused-ring (bicyclic) bond motifs is 1. The Kier molecular flexibility index (Phi) is 3.13. The highest BCUT2D eigenvalue weighted by Gasteiger charge is 2.67. The number of nitrogens with zero attached hydrogens (tertiary/aromatic N) is 1. The summed E-state index contributed by atoms with van der Waals surface area (Å²) in [4.78, 5) is 28.0. The summed E-state index contributed by atoms with van der Waals surface area (Å²) >= 11 is 1.63. The molecule has 3 aliphatic heterocycles. The van der Waals surface area contributed by atoms with Crippen molar-refractivity contribution >= 4 is 23.2 Å². The van der Waals surface area contributed by atoms with Crippen LogP contribution in [0.3, 0.4) is 0 Å². The van der Waals surface area contributed by atoms with E-state index in [4.69, 9.17) is 9.47 Å². The lowest BCUT2D eigenvalue weighted by Gasteiger charge is -2.22. The summed E-state index contributed by atoms with van der Waals surface area (Å²) in [7, 11) is 0. The summed E-state index contributed by atoms with van der Waals surface area (Å²) in [6, 6.07) is 3.99. The van der Waals surface area contributed by atoms with E-state index in [0.29, 0.717) is 19.7 Å². The van der Waals surface area contributed by atoms with Gasteiger partial charge in [-0.2, -0.15) is 0 Å². The van der Waals surface area contributed by atoms with E-state index in [-0.39, 0.29) is 18.0 Å². The zero-order valence-corrected chi connectivity index (χ0v) is 13.0. The van der Waals surface area contributed by atoms with E-state index in [0.717, 1.165) is 4.88 Å². The van der Waals surface area contributed by atoms with E-state index in [9.17, 15) is 9.59 Å². The summed E-state index contributed by atoms with van der Waals surface area (Å²) in [5.41, 5.74) is -0.642. The monoisotopic (exact) mass is 319 g/mol. The normalized spacial score (nSPS) is 35.2. The van der Waals surface area contributed by atoms with Crippen LogP contribution < -0.4 is 0 Å². The van der Waals surface area contributed by atoms with Gasteiger partial charge in [0.05, 0.1) is 31.7 Å². The second kappa shape index (κ2) is 4.93. The molecule has 3 aliphatic rings. The summed E-state index contributed by atoms with van der Waals surface area (Å²) < 4.78 is 11.2. The van der Waals surface area contributed by atoms with Crippen LogP contribution in [-0.4, -0.2) is 41.6 Å². The van der Waals surface area contributed by atoms with E-state index in [1.807, 2.05) is 29.7 Å². The third-order valence-electron chi connectivity index (χ3n) is 4.66. The van der Waals surface area contributed by atoms with E-state index in [1.54, 1.807) is 23.2 Å². The molecule has 0 saturated carbocycles. The Balaban J connectivity index is 1.61. The first-order chi connectivity index (χ1) is 10.6. The van der Waals surface area contributed by atoms with Gasteiger partial charge in [-0.25, -0.2) is 0 Å². The molecule has 2 saturated heterocycles. The van der Waals surface area contributed by atoms with Crippen LogP contribution in [-0.2, 0) is 25.6 Å². The molecule has 2 fully saturated rings. The number of ether oxygens (including phenoxy) is 2.